The first-order chi connectivity index (χ1) is 5.26. The molecule has 1 heteroatoms. The Bertz CT molecular complexity index is 175. The second-order valence-corrected chi connectivity index (χ2v) is 2.38. The van der Waals surface area contributed by atoms with Crippen LogP contribution in [0.25, 0.3) is 0 Å². The van der Waals surface area contributed by atoms with E-state index in [-0.39, 0.29) is 0 Å². The summed E-state index contributed by atoms with van der Waals surface area (Å²) in [6, 6.07) is 0. The zero-order valence-electron chi connectivity index (χ0n) is 7.72. The molecule has 11 heavy (non-hydrogen) atoms. The average Bonchev–Trinajstić information content (AvgIpc) is 2.05. The highest BCUT2D eigenvalue weighted by Crippen LogP contribution is 2.01. The van der Waals surface area contributed by atoms with Gasteiger partial charge in [0.2, 0.25) is 0 Å². The van der Waals surface area contributed by atoms with E-state index < -0.39 is 0 Å². The monoisotopic (exact) mass is 151 g/mol. The Morgan fingerprint density at radius 2 is 2.09 bits per heavy atom. The lowest BCUT2D eigenvalue weighted by molar-refractivity contribution is 1.17. The zero-order valence-corrected chi connectivity index (χ0v) is 7.72. The molecule has 0 fully saturated rings. The van der Waals surface area contributed by atoms with Crippen molar-refractivity contribution < 1.29 is 0 Å². The van der Waals surface area contributed by atoms with Gasteiger partial charge in [0.1, 0.15) is 0 Å². The lowest BCUT2D eigenvalue weighted by Gasteiger charge is -1.99. The van der Waals surface area contributed by atoms with Crippen LogP contribution in [0.5, 0.6) is 0 Å². The summed E-state index contributed by atoms with van der Waals surface area (Å²) < 4.78 is 0. The molecule has 0 spiro atoms. The Morgan fingerprint density at radius 3 is 2.45 bits per heavy atom. The van der Waals surface area contributed by atoms with E-state index in [1.54, 1.807) is 7.05 Å². The highest BCUT2D eigenvalue weighted by molar-refractivity contribution is 6.07. The first kappa shape index (κ1) is 10.2. The van der Waals surface area contributed by atoms with Crippen LogP contribution < -0.4 is 0 Å². The summed E-state index contributed by atoms with van der Waals surface area (Å²) in [5, 5.41) is 0. The van der Waals surface area contributed by atoms with Crippen LogP contribution in [0, 0.1) is 0 Å². The number of rotatable bonds is 4. The molecule has 0 saturated carbocycles. The molecule has 0 aromatic heterocycles. The standard InChI is InChI=1S/C10H17N/c1-5-7-8-10(11-4)9(3)6-2/h7-8H,3,5-6H2,1-2,4H3/b8-7-,11-10?. The fourth-order valence-electron chi connectivity index (χ4n) is 0.761. The van der Waals surface area contributed by atoms with Crippen LogP contribution in [-0.2, 0) is 0 Å². The Balaban J connectivity index is 4.19. The van der Waals surface area contributed by atoms with Crippen molar-refractivity contribution in [1.82, 2.24) is 0 Å². The summed E-state index contributed by atoms with van der Waals surface area (Å²) in [6.07, 6.45) is 6.16. The predicted molar refractivity (Wildman–Crippen MR) is 52.2 cm³/mol. The number of allylic oxidation sites excluding steroid dienone is 3. The van der Waals surface area contributed by atoms with Gasteiger partial charge < -0.3 is 0 Å². The third-order valence-electron chi connectivity index (χ3n) is 1.54. The predicted octanol–water partition coefficient (Wildman–Crippen LogP) is 2.99. The van der Waals surface area contributed by atoms with Gasteiger partial charge in [0.05, 0.1) is 5.71 Å². The fourth-order valence-corrected chi connectivity index (χ4v) is 0.761. The van der Waals surface area contributed by atoms with E-state index in [0.29, 0.717) is 0 Å². The van der Waals surface area contributed by atoms with Crippen molar-refractivity contribution in [2.24, 2.45) is 4.99 Å². The molecule has 0 rings (SSSR count). The Kier molecular flexibility index (Phi) is 5.44. The van der Waals surface area contributed by atoms with Crippen LogP contribution >= 0.6 is 0 Å². The summed E-state index contributed by atoms with van der Waals surface area (Å²) in [5.41, 5.74) is 2.13. The van der Waals surface area contributed by atoms with E-state index in [0.717, 1.165) is 24.1 Å². The highest BCUT2D eigenvalue weighted by atomic mass is 14.7. The van der Waals surface area contributed by atoms with Gasteiger partial charge in [0.15, 0.2) is 0 Å². The second-order valence-electron chi connectivity index (χ2n) is 2.38. The van der Waals surface area contributed by atoms with Crippen LogP contribution in [0.2, 0.25) is 0 Å². The summed E-state index contributed by atoms with van der Waals surface area (Å²) in [7, 11) is 1.80. The minimum absolute atomic E-state index is 0.973. The minimum atomic E-state index is 0.973. The minimum Gasteiger partial charge on any atom is -0.288 e. The van der Waals surface area contributed by atoms with Gasteiger partial charge in [0, 0.05) is 7.05 Å². The summed E-state index contributed by atoms with van der Waals surface area (Å²) in [6.45, 7) is 8.12. The molecule has 0 unspecified atom stereocenters. The summed E-state index contributed by atoms with van der Waals surface area (Å²) >= 11 is 0. The van der Waals surface area contributed by atoms with E-state index in [2.05, 4.69) is 31.5 Å². The molecule has 0 aliphatic rings. The topological polar surface area (TPSA) is 12.4 Å². The van der Waals surface area contributed by atoms with Crippen LogP contribution in [0.4, 0.5) is 0 Å². The molecule has 0 aliphatic heterocycles. The van der Waals surface area contributed by atoms with E-state index >= 15 is 0 Å². The molecule has 0 saturated heterocycles. The van der Waals surface area contributed by atoms with Crippen LogP contribution in [0.1, 0.15) is 26.7 Å². The van der Waals surface area contributed by atoms with Crippen molar-refractivity contribution in [1.29, 1.82) is 0 Å². The molecule has 1 nitrogen and oxygen atoms in total. The van der Waals surface area contributed by atoms with Gasteiger partial charge in [-0.3, -0.25) is 4.99 Å². The Hall–Kier alpha value is -0.850. The second kappa shape index (κ2) is 5.90. The van der Waals surface area contributed by atoms with Crippen LogP contribution in [0.15, 0.2) is 29.3 Å². The Labute approximate surface area is 69.5 Å². The largest absolute Gasteiger partial charge is 0.288 e. The molecule has 0 amide bonds. The highest BCUT2D eigenvalue weighted by Gasteiger charge is 1.94. The molecular formula is C10H17N. The quantitative estimate of drug-likeness (QED) is 0.548. The maximum Gasteiger partial charge on any atom is 0.0593 e. The molecule has 0 radical (unpaired) electrons. The first-order valence-corrected chi connectivity index (χ1v) is 4.07. The molecular weight excluding hydrogens is 134 g/mol. The number of hydrogen-bond donors (Lipinski definition) is 0. The molecule has 0 aliphatic carbocycles. The van der Waals surface area contributed by atoms with Crippen LogP contribution in [-0.4, -0.2) is 12.8 Å². The van der Waals surface area contributed by atoms with Crippen molar-refractivity contribution in [3.05, 3.63) is 24.3 Å². The molecule has 0 aromatic carbocycles. The molecule has 0 heterocycles. The van der Waals surface area contributed by atoms with Crippen molar-refractivity contribution in [3.63, 3.8) is 0 Å². The van der Waals surface area contributed by atoms with Crippen molar-refractivity contribution in [3.8, 4) is 0 Å². The van der Waals surface area contributed by atoms with Gasteiger partial charge in [-0.05, 0) is 24.5 Å². The molecule has 0 atom stereocenters. The smallest absolute Gasteiger partial charge is 0.0593 e. The van der Waals surface area contributed by atoms with Gasteiger partial charge in [-0.2, -0.15) is 0 Å². The van der Waals surface area contributed by atoms with Gasteiger partial charge >= 0.3 is 0 Å². The van der Waals surface area contributed by atoms with E-state index in [1.807, 2.05) is 6.08 Å². The maximum absolute atomic E-state index is 4.13. The molecule has 62 valence electrons. The zero-order chi connectivity index (χ0) is 8.69. The van der Waals surface area contributed by atoms with E-state index in [4.69, 9.17) is 0 Å². The Morgan fingerprint density at radius 1 is 1.45 bits per heavy atom. The van der Waals surface area contributed by atoms with Gasteiger partial charge in [-0.1, -0.05) is 26.5 Å². The summed E-state index contributed by atoms with van der Waals surface area (Å²) in [4.78, 5) is 4.13. The first-order valence-electron chi connectivity index (χ1n) is 4.07. The van der Waals surface area contributed by atoms with Gasteiger partial charge in [0.25, 0.3) is 0 Å². The normalized spacial score (nSPS) is 12.5. The molecule has 0 N–H and O–H groups in total. The lowest BCUT2D eigenvalue weighted by Crippen LogP contribution is -1.95. The number of aliphatic imine (C=N–C) groups is 1. The average molecular weight is 151 g/mol. The van der Waals surface area contributed by atoms with Crippen molar-refractivity contribution in [2.45, 2.75) is 26.7 Å². The third-order valence-corrected chi connectivity index (χ3v) is 1.54. The number of hydrogen-bond acceptors (Lipinski definition) is 1. The number of nitrogens with zero attached hydrogens (tertiary/aromatic N) is 1. The van der Waals surface area contributed by atoms with E-state index in [1.165, 1.54) is 0 Å². The van der Waals surface area contributed by atoms with Crippen LogP contribution in [0.3, 0.4) is 0 Å². The molecule has 0 bridgehead atoms. The van der Waals surface area contributed by atoms with E-state index in [9.17, 15) is 0 Å². The van der Waals surface area contributed by atoms with Crippen molar-refractivity contribution in [2.75, 3.05) is 7.05 Å². The van der Waals surface area contributed by atoms with Gasteiger partial charge in [-0.15, -0.1) is 0 Å². The summed E-state index contributed by atoms with van der Waals surface area (Å²) in [5.74, 6) is 0. The molecule has 0 aromatic rings. The lowest BCUT2D eigenvalue weighted by atomic mass is 10.1. The van der Waals surface area contributed by atoms with Gasteiger partial charge in [-0.25, -0.2) is 0 Å². The van der Waals surface area contributed by atoms with Crippen molar-refractivity contribution >= 4 is 5.71 Å². The maximum atomic E-state index is 4.13. The third kappa shape index (κ3) is 3.76. The SMILES string of the molecule is C=C(CC)C(/C=C\CC)=NC. The fraction of sp³-hybridized carbons (Fsp3) is 0.500.